The number of anilines is 2. The van der Waals surface area contributed by atoms with Gasteiger partial charge in [0, 0.05) is 12.6 Å². The number of nitrogens with two attached hydrogens (primary N) is 1. The molecule has 1 aliphatic rings. The van der Waals surface area contributed by atoms with Crippen LogP contribution in [0.5, 0.6) is 0 Å². The molecule has 0 saturated carbocycles. The molecule has 1 aromatic rings. The smallest absolute Gasteiger partial charge is 0.129 e. The van der Waals surface area contributed by atoms with Crippen molar-refractivity contribution in [3.8, 4) is 6.07 Å². The van der Waals surface area contributed by atoms with Crippen LogP contribution in [0.15, 0.2) is 6.07 Å². The van der Waals surface area contributed by atoms with E-state index in [9.17, 15) is 0 Å². The van der Waals surface area contributed by atoms with Crippen molar-refractivity contribution in [2.45, 2.75) is 12.5 Å². The fourth-order valence-electron chi connectivity index (χ4n) is 1.82. The minimum absolute atomic E-state index is 0.486. The first-order valence-electron chi connectivity index (χ1n) is 4.93. The van der Waals surface area contributed by atoms with Gasteiger partial charge in [0.1, 0.15) is 10.9 Å². The molecule has 0 aliphatic carbocycles. The molecule has 0 radical (unpaired) electrons. The Bertz CT molecular complexity index is 393. The van der Waals surface area contributed by atoms with Gasteiger partial charge in [-0.25, -0.2) is 0 Å². The van der Waals surface area contributed by atoms with E-state index in [-0.39, 0.29) is 0 Å². The molecule has 2 heterocycles. The molecule has 1 aliphatic heterocycles. The Kier molecular flexibility index (Phi) is 2.80. The van der Waals surface area contributed by atoms with Gasteiger partial charge in [-0.05, 0) is 26.1 Å². The summed E-state index contributed by atoms with van der Waals surface area (Å²) in [5.74, 6) is 0. The first-order chi connectivity index (χ1) is 7.19. The Morgan fingerprint density at radius 1 is 1.73 bits per heavy atom. The van der Waals surface area contributed by atoms with E-state index in [0.717, 1.165) is 24.5 Å². The number of nitrogens with zero attached hydrogens (tertiary/aromatic N) is 2. The third-order valence-electron chi connectivity index (χ3n) is 2.60. The SMILES string of the molecule is CN1CCC(Nc2cc(N)c(C#N)s2)C1. The molecular weight excluding hydrogens is 208 g/mol. The largest absolute Gasteiger partial charge is 0.397 e. The van der Waals surface area contributed by atoms with Crippen LogP contribution in [0.3, 0.4) is 0 Å². The second kappa shape index (κ2) is 4.09. The Morgan fingerprint density at radius 2 is 2.53 bits per heavy atom. The van der Waals surface area contributed by atoms with E-state index in [4.69, 9.17) is 11.0 Å². The minimum atomic E-state index is 0.486. The molecule has 5 heteroatoms. The lowest BCUT2D eigenvalue weighted by molar-refractivity contribution is 0.414. The molecule has 15 heavy (non-hydrogen) atoms. The van der Waals surface area contributed by atoms with Crippen LogP contribution in [0, 0.1) is 11.3 Å². The van der Waals surface area contributed by atoms with Crippen molar-refractivity contribution in [3.05, 3.63) is 10.9 Å². The molecular formula is C10H14N4S. The van der Waals surface area contributed by atoms with Gasteiger partial charge in [0.05, 0.1) is 10.7 Å². The van der Waals surface area contributed by atoms with E-state index in [1.165, 1.54) is 11.3 Å². The summed E-state index contributed by atoms with van der Waals surface area (Å²) in [6.07, 6.45) is 1.15. The number of nitrogen functional groups attached to an aromatic ring is 1. The predicted octanol–water partition coefficient (Wildman–Crippen LogP) is 1.32. The molecule has 1 saturated heterocycles. The summed E-state index contributed by atoms with van der Waals surface area (Å²) in [4.78, 5) is 2.89. The molecule has 0 aromatic carbocycles. The second-order valence-electron chi connectivity index (χ2n) is 3.90. The first kappa shape index (κ1) is 10.3. The molecule has 0 bridgehead atoms. The average Bonchev–Trinajstić information content (AvgIpc) is 2.73. The highest BCUT2D eigenvalue weighted by Gasteiger charge is 2.19. The summed E-state index contributed by atoms with van der Waals surface area (Å²) in [5.41, 5.74) is 6.27. The summed E-state index contributed by atoms with van der Waals surface area (Å²) < 4.78 is 0. The van der Waals surface area contributed by atoms with Gasteiger partial charge in [0.25, 0.3) is 0 Å². The Labute approximate surface area is 93.3 Å². The molecule has 1 unspecified atom stereocenters. The summed E-state index contributed by atoms with van der Waals surface area (Å²) in [5, 5.41) is 13.2. The van der Waals surface area contributed by atoms with Crippen LogP contribution in [0.25, 0.3) is 0 Å². The average molecular weight is 222 g/mol. The van der Waals surface area contributed by atoms with Gasteiger partial charge in [0.15, 0.2) is 0 Å². The van der Waals surface area contributed by atoms with Gasteiger partial charge in [0.2, 0.25) is 0 Å². The van der Waals surface area contributed by atoms with E-state index in [1.54, 1.807) is 0 Å². The zero-order chi connectivity index (χ0) is 10.8. The molecule has 4 nitrogen and oxygen atoms in total. The number of likely N-dealkylation sites (tertiary alicyclic amines) is 1. The van der Waals surface area contributed by atoms with Crippen molar-refractivity contribution in [2.24, 2.45) is 0 Å². The van der Waals surface area contributed by atoms with Crippen LogP contribution in [-0.4, -0.2) is 31.1 Å². The van der Waals surface area contributed by atoms with Gasteiger partial charge < -0.3 is 16.0 Å². The second-order valence-corrected chi connectivity index (χ2v) is 4.95. The third-order valence-corrected chi connectivity index (χ3v) is 3.59. The summed E-state index contributed by atoms with van der Waals surface area (Å²) in [7, 11) is 2.12. The Balaban J connectivity index is 2.02. The van der Waals surface area contributed by atoms with E-state index in [0.29, 0.717) is 16.6 Å². The highest BCUT2D eigenvalue weighted by molar-refractivity contribution is 7.17. The van der Waals surface area contributed by atoms with Gasteiger partial charge in [-0.3, -0.25) is 0 Å². The number of likely N-dealkylation sites (N-methyl/N-ethyl adjacent to an activating group) is 1. The van der Waals surface area contributed by atoms with Gasteiger partial charge in [-0.1, -0.05) is 0 Å². The van der Waals surface area contributed by atoms with Crippen LogP contribution < -0.4 is 11.1 Å². The van der Waals surface area contributed by atoms with Gasteiger partial charge in [-0.15, -0.1) is 11.3 Å². The predicted molar refractivity (Wildman–Crippen MR) is 63.0 cm³/mol. The van der Waals surface area contributed by atoms with Crippen LogP contribution in [0.1, 0.15) is 11.3 Å². The zero-order valence-corrected chi connectivity index (χ0v) is 9.47. The molecule has 80 valence electrons. The van der Waals surface area contributed by atoms with E-state index < -0.39 is 0 Å². The monoisotopic (exact) mass is 222 g/mol. The normalized spacial score (nSPS) is 21.5. The Morgan fingerprint density at radius 3 is 3.07 bits per heavy atom. The van der Waals surface area contributed by atoms with Crippen molar-refractivity contribution in [1.82, 2.24) is 4.90 Å². The number of rotatable bonds is 2. The lowest BCUT2D eigenvalue weighted by atomic mass is 10.3. The van der Waals surface area contributed by atoms with Crippen LogP contribution in [-0.2, 0) is 0 Å². The Hall–Kier alpha value is -1.25. The molecule has 1 fully saturated rings. The third kappa shape index (κ3) is 2.22. The van der Waals surface area contributed by atoms with Crippen molar-refractivity contribution in [2.75, 3.05) is 31.2 Å². The van der Waals surface area contributed by atoms with E-state index in [1.807, 2.05) is 6.07 Å². The van der Waals surface area contributed by atoms with Crippen molar-refractivity contribution in [1.29, 1.82) is 5.26 Å². The summed E-state index contributed by atoms with van der Waals surface area (Å²) in [6.45, 7) is 2.18. The van der Waals surface area contributed by atoms with Crippen molar-refractivity contribution < 1.29 is 0 Å². The van der Waals surface area contributed by atoms with Crippen molar-refractivity contribution >= 4 is 22.0 Å². The number of nitrogens with one attached hydrogen (secondary N) is 1. The molecule has 0 amide bonds. The zero-order valence-electron chi connectivity index (χ0n) is 8.66. The molecule has 1 aromatic heterocycles. The standard InChI is InChI=1S/C10H14N4S/c1-14-3-2-7(6-14)13-10-4-8(12)9(5-11)15-10/h4,7,13H,2-3,6,12H2,1H3. The lowest BCUT2D eigenvalue weighted by Gasteiger charge is -2.11. The van der Waals surface area contributed by atoms with E-state index >= 15 is 0 Å². The van der Waals surface area contributed by atoms with Crippen LogP contribution in [0.2, 0.25) is 0 Å². The minimum Gasteiger partial charge on any atom is -0.397 e. The molecule has 0 spiro atoms. The molecule has 3 N–H and O–H groups in total. The van der Waals surface area contributed by atoms with E-state index in [2.05, 4.69) is 23.3 Å². The lowest BCUT2D eigenvalue weighted by Crippen LogP contribution is -2.22. The molecule has 1 atom stereocenters. The molecule has 2 rings (SSSR count). The maximum atomic E-state index is 8.78. The maximum Gasteiger partial charge on any atom is 0.129 e. The van der Waals surface area contributed by atoms with Gasteiger partial charge in [-0.2, -0.15) is 5.26 Å². The highest BCUT2D eigenvalue weighted by Crippen LogP contribution is 2.29. The van der Waals surface area contributed by atoms with Crippen molar-refractivity contribution in [3.63, 3.8) is 0 Å². The summed E-state index contributed by atoms with van der Waals surface area (Å²) >= 11 is 1.43. The number of nitriles is 1. The number of hydrogen-bond donors (Lipinski definition) is 2. The maximum absolute atomic E-state index is 8.78. The fourth-order valence-corrected chi connectivity index (χ4v) is 2.67. The summed E-state index contributed by atoms with van der Waals surface area (Å²) in [6, 6.07) is 4.43. The fraction of sp³-hybridized carbons (Fsp3) is 0.500. The first-order valence-corrected chi connectivity index (χ1v) is 5.75. The van der Waals surface area contributed by atoms with Crippen LogP contribution >= 0.6 is 11.3 Å². The number of hydrogen-bond acceptors (Lipinski definition) is 5. The number of thiophene rings is 1. The quantitative estimate of drug-likeness (QED) is 0.792. The highest BCUT2D eigenvalue weighted by atomic mass is 32.1. The topological polar surface area (TPSA) is 65.1 Å². The van der Waals surface area contributed by atoms with Gasteiger partial charge >= 0.3 is 0 Å². The van der Waals surface area contributed by atoms with Crippen LogP contribution in [0.4, 0.5) is 10.7 Å².